The van der Waals surface area contributed by atoms with Gasteiger partial charge in [0.1, 0.15) is 0 Å². The van der Waals surface area contributed by atoms with Gasteiger partial charge in [0.25, 0.3) is 0 Å². The first-order valence-electron chi connectivity index (χ1n) is 6.64. The van der Waals surface area contributed by atoms with Crippen LogP contribution in [0.3, 0.4) is 0 Å². The highest BCUT2D eigenvalue weighted by atomic mass is 16.5. The fourth-order valence-electron chi connectivity index (χ4n) is 1.92. The van der Waals surface area contributed by atoms with Crippen LogP contribution in [0.4, 0.5) is 0 Å². The predicted octanol–water partition coefficient (Wildman–Crippen LogP) is 2.15. The Labute approximate surface area is 104 Å². The van der Waals surface area contributed by atoms with Crippen LogP contribution in [0.5, 0.6) is 0 Å². The highest BCUT2D eigenvalue weighted by molar-refractivity contribution is 5.14. The molecule has 0 aliphatic heterocycles. The number of hydrogen-bond acceptors (Lipinski definition) is 3. The van der Waals surface area contributed by atoms with E-state index in [4.69, 9.17) is 4.74 Å². The quantitative estimate of drug-likeness (QED) is 0.755. The Morgan fingerprint density at radius 3 is 2.65 bits per heavy atom. The van der Waals surface area contributed by atoms with E-state index in [9.17, 15) is 0 Å². The van der Waals surface area contributed by atoms with Gasteiger partial charge in [0.15, 0.2) is 0 Å². The minimum Gasteiger partial charge on any atom is -0.380 e. The average Bonchev–Trinajstić information content (AvgIpc) is 2.77. The van der Waals surface area contributed by atoms with Crippen molar-refractivity contribution in [2.45, 2.75) is 46.7 Å². The summed E-state index contributed by atoms with van der Waals surface area (Å²) in [5.41, 5.74) is 2.39. The third-order valence-electron chi connectivity index (χ3n) is 2.82. The number of ether oxygens (including phenoxy) is 1. The third kappa shape index (κ3) is 3.82. The summed E-state index contributed by atoms with van der Waals surface area (Å²) in [7, 11) is 0. The van der Waals surface area contributed by atoms with E-state index in [-0.39, 0.29) is 6.04 Å². The zero-order valence-electron chi connectivity index (χ0n) is 11.5. The third-order valence-corrected chi connectivity index (χ3v) is 2.82. The molecule has 1 aromatic rings. The first kappa shape index (κ1) is 14.2. The van der Waals surface area contributed by atoms with Gasteiger partial charge in [0, 0.05) is 13.2 Å². The van der Waals surface area contributed by atoms with Crippen molar-refractivity contribution in [3.8, 4) is 0 Å². The Bertz CT molecular complexity index is 322. The largest absolute Gasteiger partial charge is 0.380 e. The van der Waals surface area contributed by atoms with Crippen LogP contribution in [0.1, 0.15) is 45.1 Å². The van der Waals surface area contributed by atoms with Gasteiger partial charge < -0.3 is 10.1 Å². The number of hydrogen-bond donors (Lipinski definition) is 1. The highest BCUT2D eigenvalue weighted by Gasteiger charge is 2.16. The molecule has 1 aromatic heterocycles. The Hall–Kier alpha value is -0.870. The van der Waals surface area contributed by atoms with Gasteiger partial charge >= 0.3 is 0 Å². The second-order valence-electron chi connectivity index (χ2n) is 4.00. The van der Waals surface area contributed by atoms with Gasteiger partial charge in [-0.1, -0.05) is 13.8 Å². The van der Waals surface area contributed by atoms with Crippen LogP contribution in [0.25, 0.3) is 0 Å². The van der Waals surface area contributed by atoms with Crippen molar-refractivity contribution in [3.05, 3.63) is 17.5 Å². The Morgan fingerprint density at radius 1 is 1.35 bits per heavy atom. The molecule has 1 unspecified atom stereocenters. The molecule has 4 heteroatoms. The number of aryl methyl sites for hydroxylation is 2. The van der Waals surface area contributed by atoms with Crippen LogP contribution < -0.4 is 5.32 Å². The standard InChI is InChI=1S/C13H25N3O/c1-5-11-9-13(16(7-3)15-11)12(14-6-2)10-17-8-4/h9,12,14H,5-8,10H2,1-4H3. The summed E-state index contributed by atoms with van der Waals surface area (Å²) in [4.78, 5) is 0. The average molecular weight is 239 g/mol. The first-order chi connectivity index (χ1) is 8.26. The molecule has 0 saturated heterocycles. The van der Waals surface area contributed by atoms with E-state index < -0.39 is 0 Å². The maximum atomic E-state index is 5.54. The smallest absolute Gasteiger partial charge is 0.0729 e. The SMILES string of the molecule is CCNC(COCC)c1cc(CC)nn1CC. The van der Waals surface area contributed by atoms with Crippen molar-refractivity contribution < 1.29 is 4.74 Å². The molecule has 4 nitrogen and oxygen atoms in total. The maximum absolute atomic E-state index is 5.54. The number of rotatable bonds is 8. The van der Waals surface area contributed by atoms with Gasteiger partial charge in [-0.25, -0.2) is 0 Å². The molecular weight excluding hydrogens is 214 g/mol. The van der Waals surface area contributed by atoms with Crippen LogP contribution >= 0.6 is 0 Å². The molecule has 1 rings (SSSR count). The van der Waals surface area contributed by atoms with Gasteiger partial charge in [-0.15, -0.1) is 0 Å². The summed E-state index contributed by atoms with van der Waals surface area (Å²) in [5.74, 6) is 0. The lowest BCUT2D eigenvalue weighted by Gasteiger charge is -2.18. The molecule has 0 fully saturated rings. The first-order valence-corrected chi connectivity index (χ1v) is 6.64. The summed E-state index contributed by atoms with van der Waals surface area (Å²) < 4.78 is 7.62. The molecule has 98 valence electrons. The fourth-order valence-corrected chi connectivity index (χ4v) is 1.92. The molecule has 1 atom stereocenters. The molecule has 1 N–H and O–H groups in total. The number of nitrogens with one attached hydrogen (secondary N) is 1. The molecule has 0 saturated carbocycles. The van der Waals surface area contributed by atoms with Crippen LogP contribution in [0.15, 0.2) is 6.07 Å². The van der Waals surface area contributed by atoms with Gasteiger partial charge in [0.05, 0.1) is 24.0 Å². The fraction of sp³-hybridized carbons (Fsp3) is 0.769. The van der Waals surface area contributed by atoms with Crippen LogP contribution in [0, 0.1) is 0 Å². The number of likely N-dealkylation sites (N-methyl/N-ethyl adjacent to an activating group) is 1. The molecule has 0 spiro atoms. The Balaban J connectivity index is 2.86. The molecule has 0 aliphatic rings. The van der Waals surface area contributed by atoms with Crippen molar-refractivity contribution in [3.63, 3.8) is 0 Å². The Kier molecular flexibility index (Phi) is 6.22. The lowest BCUT2D eigenvalue weighted by Crippen LogP contribution is -2.27. The second-order valence-corrected chi connectivity index (χ2v) is 4.00. The van der Waals surface area contributed by atoms with E-state index in [2.05, 4.69) is 41.9 Å². The molecule has 0 aliphatic carbocycles. The van der Waals surface area contributed by atoms with Crippen molar-refractivity contribution in [1.82, 2.24) is 15.1 Å². The summed E-state index contributed by atoms with van der Waals surface area (Å²) >= 11 is 0. The summed E-state index contributed by atoms with van der Waals surface area (Å²) in [5, 5.41) is 8.04. The number of nitrogens with zero attached hydrogens (tertiary/aromatic N) is 2. The molecule has 0 radical (unpaired) electrons. The zero-order chi connectivity index (χ0) is 12.7. The minimum absolute atomic E-state index is 0.243. The van der Waals surface area contributed by atoms with Crippen molar-refractivity contribution in [2.75, 3.05) is 19.8 Å². The number of aromatic nitrogens is 2. The van der Waals surface area contributed by atoms with Crippen molar-refractivity contribution >= 4 is 0 Å². The lowest BCUT2D eigenvalue weighted by atomic mass is 10.2. The van der Waals surface area contributed by atoms with E-state index in [0.29, 0.717) is 6.61 Å². The van der Waals surface area contributed by atoms with Crippen LogP contribution in [-0.2, 0) is 17.7 Å². The Morgan fingerprint density at radius 2 is 2.12 bits per heavy atom. The van der Waals surface area contributed by atoms with Gasteiger partial charge in [-0.3, -0.25) is 4.68 Å². The van der Waals surface area contributed by atoms with Gasteiger partial charge in [-0.05, 0) is 32.9 Å². The predicted molar refractivity (Wildman–Crippen MR) is 70.2 cm³/mol. The minimum atomic E-state index is 0.243. The van der Waals surface area contributed by atoms with E-state index in [1.807, 2.05) is 6.92 Å². The van der Waals surface area contributed by atoms with Crippen molar-refractivity contribution in [2.24, 2.45) is 0 Å². The molecule has 0 aromatic carbocycles. The van der Waals surface area contributed by atoms with Crippen LogP contribution in [-0.4, -0.2) is 29.5 Å². The normalized spacial score (nSPS) is 12.9. The molecular formula is C13H25N3O. The van der Waals surface area contributed by atoms with Gasteiger partial charge in [-0.2, -0.15) is 5.10 Å². The summed E-state index contributed by atoms with van der Waals surface area (Å²) in [6, 6.07) is 2.43. The van der Waals surface area contributed by atoms with E-state index in [0.717, 1.165) is 31.8 Å². The van der Waals surface area contributed by atoms with Crippen molar-refractivity contribution in [1.29, 1.82) is 0 Å². The summed E-state index contributed by atoms with van der Waals surface area (Å²) in [6.45, 7) is 11.7. The zero-order valence-corrected chi connectivity index (χ0v) is 11.5. The molecule has 0 amide bonds. The molecule has 0 bridgehead atoms. The van der Waals surface area contributed by atoms with E-state index >= 15 is 0 Å². The molecule has 17 heavy (non-hydrogen) atoms. The van der Waals surface area contributed by atoms with Gasteiger partial charge in [0.2, 0.25) is 0 Å². The summed E-state index contributed by atoms with van der Waals surface area (Å²) in [6.07, 6.45) is 0.980. The molecule has 1 heterocycles. The van der Waals surface area contributed by atoms with E-state index in [1.165, 1.54) is 5.69 Å². The van der Waals surface area contributed by atoms with Crippen LogP contribution in [0.2, 0.25) is 0 Å². The lowest BCUT2D eigenvalue weighted by molar-refractivity contribution is 0.121. The van der Waals surface area contributed by atoms with E-state index in [1.54, 1.807) is 0 Å². The topological polar surface area (TPSA) is 39.1 Å². The monoisotopic (exact) mass is 239 g/mol. The maximum Gasteiger partial charge on any atom is 0.0729 e. The highest BCUT2D eigenvalue weighted by Crippen LogP contribution is 2.16. The second kappa shape index (κ2) is 7.45.